The summed E-state index contributed by atoms with van der Waals surface area (Å²) in [6.07, 6.45) is 2.16. The summed E-state index contributed by atoms with van der Waals surface area (Å²) in [7, 11) is -1.80. The number of hydrogen-bond acceptors (Lipinski definition) is 3. The molecule has 1 aliphatic carbocycles. The average molecular weight is 319 g/mol. The zero-order chi connectivity index (χ0) is 14.2. The lowest BCUT2D eigenvalue weighted by molar-refractivity contribution is 0.340. The van der Waals surface area contributed by atoms with Gasteiger partial charge in [-0.2, -0.15) is 4.31 Å². The van der Waals surface area contributed by atoms with Crippen LogP contribution < -0.4 is 5.73 Å². The standard InChI is InChI=1S/C14H22N2O2S.ClH/c1-10-4-7-13(8-11(10)2)19(17,18)16(3)14(9-15)12-5-6-12;/h4,7-8,12,14H,5-6,9,15H2,1-3H3;1H. The highest BCUT2D eigenvalue weighted by atomic mass is 35.5. The SMILES string of the molecule is Cc1ccc(S(=O)(=O)N(C)C(CN)C2CC2)cc1C.Cl. The predicted molar refractivity (Wildman–Crippen MR) is 83.7 cm³/mol. The molecule has 114 valence electrons. The van der Waals surface area contributed by atoms with Crippen molar-refractivity contribution < 1.29 is 8.42 Å². The number of aryl methyl sites for hydroxylation is 2. The second-order valence-electron chi connectivity index (χ2n) is 5.41. The van der Waals surface area contributed by atoms with Crippen LogP contribution in [-0.4, -0.2) is 32.4 Å². The third-order valence-corrected chi connectivity index (χ3v) is 5.91. The lowest BCUT2D eigenvalue weighted by atomic mass is 10.1. The molecule has 6 heteroatoms. The summed E-state index contributed by atoms with van der Waals surface area (Å²) >= 11 is 0. The van der Waals surface area contributed by atoms with Crippen LogP contribution in [-0.2, 0) is 10.0 Å². The van der Waals surface area contributed by atoms with Gasteiger partial charge in [0.1, 0.15) is 0 Å². The number of nitrogens with two attached hydrogens (primary N) is 1. The first-order chi connectivity index (χ1) is 8.87. The molecule has 1 aromatic carbocycles. The molecule has 0 heterocycles. The minimum Gasteiger partial charge on any atom is -0.329 e. The van der Waals surface area contributed by atoms with Crippen molar-refractivity contribution in [2.24, 2.45) is 11.7 Å². The highest BCUT2D eigenvalue weighted by molar-refractivity contribution is 7.89. The molecule has 1 unspecified atom stereocenters. The molecule has 0 aromatic heterocycles. The summed E-state index contributed by atoms with van der Waals surface area (Å²) in [5.41, 5.74) is 7.82. The number of halogens is 1. The molecule has 0 amide bonds. The van der Waals surface area contributed by atoms with Gasteiger partial charge in [0.25, 0.3) is 0 Å². The lowest BCUT2D eigenvalue weighted by Gasteiger charge is -2.26. The van der Waals surface area contributed by atoms with Crippen molar-refractivity contribution in [3.63, 3.8) is 0 Å². The van der Waals surface area contributed by atoms with Crippen LogP contribution in [0.25, 0.3) is 0 Å². The van der Waals surface area contributed by atoms with E-state index in [0.717, 1.165) is 24.0 Å². The maximum Gasteiger partial charge on any atom is 0.243 e. The molecule has 20 heavy (non-hydrogen) atoms. The lowest BCUT2D eigenvalue weighted by Crippen LogP contribution is -2.43. The molecular weight excluding hydrogens is 296 g/mol. The molecule has 1 fully saturated rings. The van der Waals surface area contributed by atoms with Crippen molar-refractivity contribution in [3.05, 3.63) is 29.3 Å². The second-order valence-corrected chi connectivity index (χ2v) is 7.41. The van der Waals surface area contributed by atoms with E-state index < -0.39 is 10.0 Å². The van der Waals surface area contributed by atoms with E-state index in [0.29, 0.717) is 17.4 Å². The Kier molecular flexibility index (Phi) is 5.61. The molecule has 1 aliphatic rings. The fraction of sp³-hybridized carbons (Fsp3) is 0.571. The third-order valence-electron chi connectivity index (χ3n) is 4.03. The normalized spacial score (nSPS) is 16.9. The van der Waals surface area contributed by atoms with Crippen LogP contribution in [0.15, 0.2) is 23.1 Å². The van der Waals surface area contributed by atoms with Gasteiger partial charge < -0.3 is 5.73 Å². The van der Waals surface area contributed by atoms with Crippen molar-refractivity contribution in [1.82, 2.24) is 4.31 Å². The Hall–Kier alpha value is -0.620. The van der Waals surface area contributed by atoms with Crippen molar-refractivity contribution in [2.75, 3.05) is 13.6 Å². The second kappa shape index (κ2) is 6.43. The van der Waals surface area contributed by atoms with Crippen LogP contribution in [0.2, 0.25) is 0 Å². The first-order valence-corrected chi connectivity index (χ1v) is 8.07. The Labute approximate surface area is 127 Å². The zero-order valence-corrected chi connectivity index (χ0v) is 13.8. The summed E-state index contributed by atoms with van der Waals surface area (Å²) in [6, 6.07) is 5.19. The highest BCUT2D eigenvalue weighted by Crippen LogP contribution is 2.36. The molecule has 4 nitrogen and oxygen atoms in total. The largest absolute Gasteiger partial charge is 0.329 e. The molecule has 0 spiro atoms. The average Bonchev–Trinajstić information content (AvgIpc) is 3.17. The summed E-state index contributed by atoms with van der Waals surface area (Å²) in [5.74, 6) is 0.427. The number of hydrogen-bond donors (Lipinski definition) is 1. The molecule has 1 atom stereocenters. The highest BCUT2D eigenvalue weighted by Gasteiger charge is 2.38. The maximum absolute atomic E-state index is 12.6. The Bertz CT molecular complexity index is 571. The summed E-state index contributed by atoms with van der Waals surface area (Å²) in [6.45, 7) is 4.28. The molecular formula is C14H23ClN2O2S. The van der Waals surface area contributed by atoms with Gasteiger partial charge >= 0.3 is 0 Å². The number of rotatable bonds is 5. The molecule has 1 saturated carbocycles. The van der Waals surface area contributed by atoms with E-state index in [9.17, 15) is 8.42 Å². The van der Waals surface area contributed by atoms with Crippen LogP contribution >= 0.6 is 12.4 Å². The van der Waals surface area contributed by atoms with Gasteiger partial charge in [-0.25, -0.2) is 8.42 Å². The first-order valence-electron chi connectivity index (χ1n) is 6.63. The van der Waals surface area contributed by atoms with E-state index >= 15 is 0 Å². The van der Waals surface area contributed by atoms with E-state index in [1.54, 1.807) is 19.2 Å². The van der Waals surface area contributed by atoms with Gasteiger partial charge in [0.2, 0.25) is 10.0 Å². The Balaban J connectivity index is 0.00000200. The van der Waals surface area contributed by atoms with Crippen LogP contribution in [0.1, 0.15) is 24.0 Å². The predicted octanol–water partition coefficient (Wildman–Crippen LogP) is 2.08. The summed E-state index contributed by atoms with van der Waals surface area (Å²) < 4.78 is 26.7. The van der Waals surface area contributed by atoms with Gasteiger partial charge in [-0.05, 0) is 55.9 Å². The quantitative estimate of drug-likeness (QED) is 0.904. The molecule has 1 aromatic rings. The fourth-order valence-corrected chi connectivity index (χ4v) is 3.85. The van der Waals surface area contributed by atoms with Crippen molar-refractivity contribution in [3.8, 4) is 0 Å². The molecule has 0 aliphatic heterocycles. The minimum absolute atomic E-state index is 0. The van der Waals surface area contributed by atoms with Crippen LogP contribution in [0.5, 0.6) is 0 Å². The number of likely N-dealkylation sites (N-methyl/N-ethyl adjacent to an activating group) is 1. The van der Waals surface area contributed by atoms with Crippen LogP contribution in [0, 0.1) is 19.8 Å². The molecule has 2 rings (SSSR count). The molecule has 0 saturated heterocycles. The Morgan fingerprint density at radius 2 is 1.90 bits per heavy atom. The smallest absolute Gasteiger partial charge is 0.243 e. The summed E-state index contributed by atoms with van der Waals surface area (Å²) in [5, 5.41) is 0. The summed E-state index contributed by atoms with van der Waals surface area (Å²) in [4.78, 5) is 0.359. The van der Waals surface area contributed by atoms with Gasteiger partial charge in [-0.1, -0.05) is 6.07 Å². The van der Waals surface area contributed by atoms with E-state index in [-0.39, 0.29) is 18.4 Å². The van der Waals surface area contributed by atoms with E-state index in [2.05, 4.69) is 0 Å². The van der Waals surface area contributed by atoms with Gasteiger partial charge in [-0.15, -0.1) is 12.4 Å². The van der Waals surface area contributed by atoms with Gasteiger partial charge in [0.05, 0.1) is 4.90 Å². The minimum atomic E-state index is -3.44. The molecule has 0 bridgehead atoms. The van der Waals surface area contributed by atoms with Crippen LogP contribution in [0.4, 0.5) is 0 Å². The van der Waals surface area contributed by atoms with Crippen molar-refractivity contribution in [1.29, 1.82) is 0 Å². The van der Waals surface area contributed by atoms with E-state index in [4.69, 9.17) is 5.73 Å². The van der Waals surface area contributed by atoms with Crippen molar-refractivity contribution >= 4 is 22.4 Å². The van der Waals surface area contributed by atoms with Crippen molar-refractivity contribution in [2.45, 2.75) is 37.6 Å². The van der Waals surface area contributed by atoms with E-state index in [1.807, 2.05) is 19.9 Å². The topological polar surface area (TPSA) is 63.4 Å². The molecule has 0 radical (unpaired) electrons. The van der Waals surface area contributed by atoms with Gasteiger partial charge in [-0.3, -0.25) is 0 Å². The monoisotopic (exact) mass is 318 g/mol. The molecule has 2 N–H and O–H groups in total. The van der Waals surface area contributed by atoms with Gasteiger partial charge in [0, 0.05) is 19.6 Å². The number of nitrogens with zero attached hydrogens (tertiary/aromatic N) is 1. The first kappa shape index (κ1) is 17.4. The Morgan fingerprint density at radius 3 is 2.35 bits per heavy atom. The fourth-order valence-electron chi connectivity index (χ4n) is 2.34. The van der Waals surface area contributed by atoms with E-state index in [1.165, 1.54) is 4.31 Å². The zero-order valence-electron chi connectivity index (χ0n) is 12.2. The van der Waals surface area contributed by atoms with Crippen LogP contribution in [0.3, 0.4) is 0 Å². The maximum atomic E-state index is 12.6. The number of benzene rings is 1. The Morgan fingerprint density at radius 1 is 1.30 bits per heavy atom. The third kappa shape index (κ3) is 3.34. The number of sulfonamides is 1. The van der Waals surface area contributed by atoms with Gasteiger partial charge in [0.15, 0.2) is 0 Å².